The van der Waals surface area contributed by atoms with E-state index < -0.39 is 6.10 Å². The summed E-state index contributed by atoms with van der Waals surface area (Å²) in [5.74, 6) is -0.0133. The molecule has 0 aliphatic rings. The van der Waals surface area contributed by atoms with Crippen LogP contribution in [0.5, 0.6) is 0 Å². The van der Waals surface area contributed by atoms with Gasteiger partial charge in [-0.25, -0.2) is 0 Å². The van der Waals surface area contributed by atoms with E-state index in [0.29, 0.717) is 6.54 Å². The number of amides is 1. The van der Waals surface area contributed by atoms with Crippen molar-refractivity contribution in [2.75, 3.05) is 13.6 Å². The summed E-state index contributed by atoms with van der Waals surface area (Å²) in [7, 11) is 1.71. The van der Waals surface area contributed by atoms with Gasteiger partial charge in [-0.1, -0.05) is 6.92 Å². The Morgan fingerprint density at radius 2 is 2.27 bits per heavy atom. The zero-order chi connectivity index (χ0) is 11.4. The van der Waals surface area contributed by atoms with Crippen LogP contribution in [0.1, 0.15) is 28.4 Å². The molecular formula is C11H17NO2S. The highest BCUT2D eigenvalue weighted by molar-refractivity contribution is 7.14. The Bertz CT molecular complexity index is 333. The first-order valence-electron chi connectivity index (χ1n) is 5.06. The zero-order valence-electron chi connectivity index (χ0n) is 9.36. The molecule has 1 heterocycles. The van der Waals surface area contributed by atoms with Gasteiger partial charge >= 0.3 is 0 Å². The Labute approximate surface area is 94.3 Å². The van der Waals surface area contributed by atoms with Gasteiger partial charge in [0.05, 0.1) is 11.0 Å². The lowest BCUT2D eigenvalue weighted by Gasteiger charge is -2.17. The van der Waals surface area contributed by atoms with Gasteiger partial charge in [0.2, 0.25) is 0 Å². The number of aliphatic hydroxyl groups excluding tert-OH is 1. The largest absolute Gasteiger partial charge is 0.392 e. The first-order valence-corrected chi connectivity index (χ1v) is 5.88. The molecule has 0 spiro atoms. The van der Waals surface area contributed by atoms with Gasteiger partial charge in [0.25, 0.3) is 5.91 Å². The van der Waals surface area contributed by atoms with Crippen molar-refractivity contribution in [1.82, 2.24) is 4.90 Å². The van der Waals surface area contributed by atoms with Gasteiger partial charge in [-0.3, -0.25) is 4.79 Å². The molecular weight excluding hydrogens is 210 g/mol. The van der Waals surface area contributed by atoms with Crippen LogP contribution in [0.25, 0.3) is 0 Å². The first-order chi connectivity index (χ1) is 7.04. The molecule has 1 amide bonds. The van der Waals surface area contributed by atoms with Crippen molar-refractivity contribution in [2.45, 2.75) is 26.4 Å². The zero-order valence-corrected chi connectivity index (χ0v) is 10.2. The molecule has 0 aliphatic heterocycles. The molecule has 84 valence electrons. The van der Waals surface area contributed by atoms with Gasteiger partial charge in [-0.15, -0.1) is 11.3 Å². The minimum Gasteiger partial charge on any atom is -0.392 e. The van der Waals surface area contributed by atoms with Gasteiger partial charge in [-0.2, -0.15) is 0 Å². The first kappa shape index (κ1) is 12.2. The Balaban J connectivity index is 2.67. The quantitative estimate of drug-likeness (QED) is 0.851. The predicted molar refractivity (Wildman–Crippen MR) is 62.3 cm³/mol. The van der Waals surface area contributed by atoms with Crippen molar-refractivity contribution in [3.63, 3.8) is 0 Å². The molecule has 0 radical (unpaired) electrons. The summed E-state index contributed by atoms with van der Waals surface area (Å²) in [6, 6.07) is 3.83. The van der Waals surface area contributed by atoms with Crippen LogP contribution in [0.2, 0.25) is 0 Å². The minimum atomic E-state index is -0.482. The van der Waals surface area contributed by atoms with Crippen molar-refractivity contribution < 1.29 is 9.90 Å². The van der Waals surface area contributed by atoms with E-state index in [1.807, 2.05) is 12.1 Å². The molecule has 0 saturated heterocycles. The molecule has 0 fully saturated rings. The van der Waals surface area contributed by atoms with Crippen LogP contribution in [0.3, 0.4) is 0 Å². The topological polar surface area (TPSA) is 40.5 Å². The highest BCUT2D eigenvalue weighted by atomic mass is 32.1. The molecule has 3 nitrogen and oxygen atoms in total. The summed E-state index contributed by atoms with van der Waals surface area (Å²) in [5.41, 5.74) is 0. The lowest BCUT2D eigenvalue weighted by molar-refractivity contribution is 0.0708. The Morgan fingerprint density at radius 3 is 2.73 bits per heavy atom. The Kier molecular flexibility index (Phi) is 4.29. The second-order valence-corrected chi connectivity index (χ2v) is 4.82. The van der Waals surface area contributed by atoms with E-state index in [4.69, 9.17) is 0 Å². The number of carbonyl (C=O) groups is 1. The molecule has 0 aromatic carbocycles. The monoisotopic (exact) mass is 227 g/mol. The fourth-order valence-corrected chi connectivity index (χ4v) is 2.29. The lowest BCUT2D eigenvalue weighted by atomic mass is 10.3. The smallest absolute Gasteiger partial charge is 0.263 e. The Morgan fingerprint density at radius 1 is 1.60 bits per heavy atom. The number of hydrogen-bond acceptors (Lipinski definition) is 3. The van der Waals surface area contributed by atoms with Gasteiger partial charge in [-0.05, 0) is 25.5 Å². The van der Waals surface area contributed by atoms with Gasteiger partial charge < -0.3 is 10.0 Å². The molecule has 0 bridgehead atoms. The van der Waals surface area contributed by atoms with E-state index in [2.05, 4.69) is 6.92 Å². The van der Waals surface area contributed by atoms with Crippen LogP contribution < -0.4 is 0 Å². The van der Waals surface area contributed by atoms with Crippen LogP contribution in [0.4, 0.5) is 0 Å². The number of rotatable bonds is 4. The predicted octanol–water partition coefficient (Wildman–Crippen LogP) is 1.76. The van der Waals surface area contributed by atoms with E-state index in [1.54, 1.807) is 18.9 Å². The molecule has 1 N–H and O–H groups in total. The standard InChI is InChI=1S/C11H17NO2S/c1-4-9-5-6-10(15-9)11(14)12(3)7-8(2)13/h5-6,8,13H,4,7H2,1-3H3. The third-order valence-electron chi connectivity index (χ3n) is 2.11. The molecule has 1 aromatic rings. The summed E-state index contributed by atoms with van der Waals surface area (Å²) < 4.78 is 0. The van der Waals surface area contributed by atoms with E-state index in [0.717, 1.165) is 11.3 Å². The summed E-state index contributed by atoms with van der Waals surface area (Å²) in [4.78, 5) is 15.3. The number of carbonyl (C=O) groups excluding carboxylic acids is 1. The van der Waals surface area contributed by atoms with E-state index >= 15 is 0 Å². The van der Waals surface area contributed by atoms with Crippen molar-refractivity contribution in [3.05, 3.63) is 21.9 Å². The number of thiophene rings is 1. The van der Waals surface area contributed by atoms with Crippen molar-refractivity contribution in [1.29, 1.82) is 0 Å². The maximum absolute atomic E-state index is 11.8. The molecule has 1 rings (SSSR count). The highest BCUT2D eigenvalue weighted by Gasteiger charge is 2.14. The average molecular weight is 227 g/mol. The molecule has 1 atom stereocenters. The molecule has 1 aromatic heterocycles. The SMILES string of the molecule is CCc1ccc(C(=O)N(C)CC(C)O)s1. The summed E-state index contributed by atoms with van der Waals surface area (Å²) >= 11 is 1.52. The molecule has 0 aliphatic carbocycles. The summed E-state index contributed by atoms with van der Waals surface area (Å²) in [6.07, 6.45) is 0.475. The fraction of sp³-hybridized carbons (Fsp3) is 0.545. The van der Waals surface area contributed by atoms with Crippen molar-refractivity contribution >= 4 is 17.2 Å². The third kappa shape index (κ3) is 3.32. The number of aryl methyl sites for hydroxylation is 1. The second kappa shape index (κ2) is 5.28. The van der Waals surface area contributed by atoms with E-state index in [-0.39, 0.29) is 5.91 Å². The number of nitrogens with zero attached hydrogens (tertiary/aromatic N) is 1. The van der Waals surface area contributed by atoms with Gasteiger partial charge in [0.1, 0.15) is 0 Å². The van der Waals surface area contributed by atoms with Crippen LogP contribution >= 0.6 is 11.3 Å². The van der Waals surface area contributed by atoms with Crippen LogP contribution in [0, 0.1) is 0 Å². The number of aliphatic hydroxyl groups is 1. The molecule has 0 saturated carbocycles. The maximum Gasteiger partial charge on any atom is 0.263 e. The third-order valence-corrected chi connectivity index (χ3v) is 3.32. The van der Waals surface area contributed by atoms with Crippen LogP contribution in [-0.2, 0) is 6.42 Å². The van der Waals surface area contributed by atoms with Gasteiger partial charge in [0.15, 0.2) is 0 Å². The van der Waals surface area contributed by atoms with Gasteiger partial charge in [0, 0.05) is 18.5 Å². The highest BCUT2D eigenvalue weighted by Crippen LogP contribution is 2.18. The van der Waals surface area contributed by atoms with Crippen molar-refractivity contribution in [2.24, 2.45) is 0 Å². The average Bonchev–Trinajstić information content (AvgIpc) is 2.63. The number of hydrogen-bond donors (Lipinski definition) is 1. The van der Waals surface area contributed by atoms with E-state index in [1.165, 1.54) is 16.2 Å². The minimum absolute atomic E-state index is 0.0133. The lowest BCUT2D eigenvalue weighted by Crippen LogP contribution is -2.32. The van der Waals surface area contributed by atoms with Crippen LogP contribution in [0.15, 0.2) is 12.1 Å². The fourth-order valence-electron chi connectivity index (χ4n) is 1.35. The van der Waals surface area contributed by atoms with Crippen LogP contribution in [-0.4, -0.2) is 35.6 Å². The summed E-state index contributed by atoms with van der Waals surface area (Å²) in [6.45, 7) is 4.12. The maximum atomic E-state index is 11.8. The Hall–Kier alpha value is -0.870. The van der Waals surface area contributed by atoms with E-state index in [9.17, 15) is 9.90 Å². The second-order valence-electron chi connectivity index (χ2n) is 3.65. The molecule has 4 heteroatoms. The summed E-state index contributed by atoms with van der Waals surface area (Å²) in [5, 5.41) is 9.18. The molecule has 15 heavy (non-hydrogen) atoms. The normalized spacial score (nSPS) is 12.5. The number of likely N-dealkylation sites (N-methyl/N-ethyl adjacent to an activating group) is 1. The van der Waals surface area contributed by atoms with Crippen molar-refractivity contribution in [3.8, 4) is 0 Å². The molecule has 1 unspecified atom stereocenters.